The number of halogens is 1. The average Bonchev–Trinajstić information content (AvgIpc) is 2.97. The Bertz CT molecular complexity index is 828. The number of nitrogens with one attached hydrogen (secondary N) is 1. The molecule has 0 spiro atoms. The van der Waals surface area contributed by atoms with E-state index in [1.807, 2.05) is 31.2 Å². The van der Waals surface area contributed by atoms with Crippen molar-refractivity contribution in [2.24, 2.45) is 0 Å². The van der Waals surface area contributed by atoms with Crippen LogP contribution >= 0.6 is 0 Å². The van der Waals surface area contributed by atoms with Crippen LogP contribution in [0.4, 0.5) is 9.18 Å². The Hall–Kier alpha value is -2.89. The molecule has 23 heavy (non-hydrogen) atoms. The van der Waals surface area contributed by atoms with Crippen LogP contribution in [0.2, 0.25) is 0 Å². The van der Waals surface area contributed by atoms with Gasteiger partial charge in [0.15, 0.2) is 0 Å². The van der Waals surface area contributed by atoms with Gasteiger partial charge in [0, 0.05) is 7.05 Å². The minimum Gasteiger partial charge on any atom is -0.320 e. The summed E-state index contributed by atoms with van der Waals surface area (Å²) in [5.74, 6) is -0.294. The first-order valence-electron chi connectivity index (χ1n) is 7.27. The second kappa shape index (κ2) is 6.08. The molecule has 6 heteroatoms. The highest BCUT2D eigenvalue weighted by Crippen LogP contribution is 2.19. The van der Waals surface area contributed by atoms with Crippen molar-refractivity contribution >= 4 is 17.1 Å². The maximum Gasteiger partial charge on any atom is 0.336 e. The molecule has 0 aliphatic heterocycles. The van der Waals surface area contributed by atoms with Gasteiger partial charge in [-0.25, -0.2) is 24.3 Å². The van der Waals surface area contributed by atoms with Crippen LogP contribution in [0.1, 0.15) is 18.5 Å². The predicted octanol–water partition coefficient (Wildman–Crippen LogP) is 3.53. The highest BCUT2D eigenvalue weighted by molar-refractivity contribution is 5.85. The number of amides is 2. The highest BCUT2D eigenvalue weighted by Gasteiger charge is 2.18. The molecule has 0 saturated heterocycles. The largest absolute Gasteiger partial charge is 0.336 e. The normalized spacial score (nSPS) is 12.1. The lowest BCUT2D eigenvalue weighted by molar-refractivity contribution is 0.205. The number of imidazole rings is 1. The number of nitrogens with zero attached hydrogens (tertiary/aromatic N) is 3. The molecule has 5 nitrogen and oxygen atoms in total. The van der Waals surface area contributed by atoms with Gasteiger partial charge in [0.1, 0.15) is 12.1 Å². The van der Waals surface area contributed by atoms with Crippen LogP contribution in [0, 0.1) is 5.82 Å². The number of urea groups is 1. The Labute approximate surface area is 133 Å². The third-order valence-corrected chi connectivity index (χ3v) is 3.92. The Kier molecular flexibility index (Phi) is 3.97. The summed E-state index contributed by atoms with van der Waals surface area (Å²) < 4.78 is 14.6. The summed E-state index contributed by atoms with van der Waals surface area (Å²) in [4.78, 5) is 18.2. The van der Waals surface area contributed by atoms with Crippen LogP contribution in [0.25, 0.3) is 11.0 Å². The first kappa shape index (κ1) is 15.0. The fraction of sp³-hybridized carbons (Fsp3) is 0.176. The van der Waals surface area contributed by atoms with Crippen molar-refractivity contribution in [2.75, 3.05) is 12.5 Å². The van der Waals surface area contributed by atoms with Crippen molar-refractivity contribution in [3.8, 4) is 0 Å². The Morgan fingerprint density at radius 3 is 2.65 bits per heavy atom. The third-order valence-electron chi connectivity index (χ3n) is 3.92. The zero-order valence-electron chi connectivity index (χ0n) is 12.9. The Morgan fingerprint density at radius 2 is 1.91 bits per heavy atom. The number of carbonyl (C=O) groups excluding carboxylic acids is 1. The van der Waals surface area contributed by atoms with Crippen molar-refractivity contribution in [1.29, 1.82) is 0 Å². The highest BCUT2D eigenvalue weighted by atomic mass is 19.1. The van der Waals surface area contributed by atoms with Gasteiger partial charge in [-0.2, -0.15) is 0 Å². The lowest BCUT2D eigenvalue weighted by Gasteiger charge is -2.25. The number of carbonyl (C=O) groups is 1. The van der Waals surface area contributed by atoms with E-state index in [0.29, 0.717) is 0 Å². The maximum atomic E-state index is 13.0. The second-order valence-corrected chi connectivity index (χ2v) is 5.36. The van der Waals surface area contributed by atoms with E-state index in [1.54, 1.807) is 35.1 Å². The maximum absolute atomic E-state index is 13.0. The molecule has 2 aromatic carbocycles. The zero-order valence-corrected chi connectivity index (χ0v) is 12.9. The molecule has 1 atom stereocenters. The summed E-state index contributed by atoms with van der Waals surface area (Å²) in [6, 6.07) is 13.2. The van der Waals surface area contributed by atoms with Crippen molar-refractivity contribution < 1.29 is 9.18 Å². The van der Waals surface area contributed by atoms with Crippen LogP contribution < -0.4 is 5.43 Å². The number of fused-ring (bicyclic) bond motifs is 1. The van der Waals surface area contributed by atoms with Crippen molar-refractivity contribution in [1.82, 2.24) is 14.6 Å². The molecule has 118 valence electrons. The van der Waals surface area contributed by atoms with Crippen LogP contribution in [-0.2, 0) is 0 Å². The summed E-state index contributed by atoms with van der Waals surface area (Å²) in [6.45, 7) is 1.89. The molecule has 0 aliphatic carbocycles. The topological polar surface area (TPSA) is 50.2 Å². The number of aromatic nitrogens is 2. The van der Waals surface area contributed by atoms with Gasteiger partial charge in [-0.3, -0.25) is 0 Å². The predicted molar refractivity (Wildman–Crippen MR) is 87.1 cm³/mol. The van der Waals surface area contributed by atoms with Gasteiger partial charge in [-0.1, -0.05) is 24.3 Å². The van der Waals surface area contributed by atoms with Gasteiger partial charge in [-0.15, -0.1) is 0 Å². The van der Waals surface area contributed by atoms with Gasteiger partial charge in [-0.05, 0) is 36.8 Å². The number of hydrogen-bond acceptors (Lipinski definition) is 2. The van der Waals surface area contributed by atoms with E-state index in [4.69, 9.17) is 0 Å². The molecule has 2 amide bonds. The van der Waals surface area contributed by atoms with Crippen LogP contribution in [-0.4, -0.2) is 27.6 Å². The molecule has 0 bridgehead atoms. The molecule has 1 aromatic heterocycles. The third kappa shape index (κ3) is 3.01. The van der Waals surface area contributed by atoms with Crippen molar-refractivity contribution in [2.45, 2.75) is 13.0 Å². The molecule has 0 aliphatic rings. The van der Waals surface area contributed by atoms with E-state index < -0.39 is 0 Å². The fourth-order valence-corrected chi connectivity index (χ4v) is 2.37. The van der Waals surface area contributed by atoms with Crippen LogP contribution in [0.5, 0.6) is 0 Å². The lowest BCUT2D eigenvalue weighted by atomic mass is 10.1. The Balaban J connectivity index is 1.75. The van der Waals surface area contributed by atoms with Crippen LogP contribution in [0.15, 0.2) is 54.9 Å². The monoisotopic (exact) mass is 312 g/mol. The number of benzene rings is 2. The molecular weight excluding hydrogens is 295 g/mol. The molecule has 1 unspecified atom stereocenters. The summed E-state index contributed by atoms with van der Waals surface area (Å²) >= 11 is 0. The molecule has 0 saturated carbocycles. The average molecular weight is 312 g/mol. The van der Waals surface area contributed by atoms with Crippen molar-refractivity contribution in [3.63, 3.8) is 0 Å². The summed E-state index contributed by atoms with van der Waals surface area (Å²) in [5.41, 5.74) is 5.28. The van der Waals surface area contributed by atoms with E-state index in [1.165, 1.54) is 12.1 Å². The van der Waals surface area contributed by atoms with E-state index >= 15 is 0 Å². The molecule has 0 fully saturated rings. The minimum atomic E-state index is -0.294. The Morgan fingerprint density at radius 1 is 1.22 bits per heavy atom. The first-order chi connectivity index (χ1) is 11.1. The summed E-state index contributed by atoms with van der Waals surface area (Å²) in [7, 11) is 1.70. The smallest absolute Gasteiger partial charge is 0.320 e. The molecule has 1 N–H and O–H groups in total. The zero-order chi connectivity index (χ0) is 16.4. The molecular formula is C17H17FN4O. The standard InChI is InChI=1S/C17H17FN4O/c1-12(13-7-9-14(18)10-8-13)21(2)17(23)20-22-11-19-15-5-3-4-6-16(15)22/h3-12H,1-2H3,(H,20,23). The van der Waals surface area contributed by atoms with Gasteiger partial charge in [0.25, 0.3) is 0 Å². The fourth-order valence-electron chi connectivity index (χ4n) is 2.37. The number of rotatable bonds is 3. The quantitative estimate of drug-likeness (QED) is 0.804. The lowest BCUT2D eigenvalue weighted by Crippen LogP contribution is -2.37. The minimum absolute atomic E-state index is 0.189. The SMILES string of the molecule is CC(c1ccc(F)cc1)N(C)C(=O)Nn1cnc2ccccc21. The van der Waals surface area contributed by atoms with Gasteiger partial charge < -0.3 is 4.90 Å². The van der Waals surface area contributed by atoms with E-state index in [0.717, 1.165) is 16.6 Å². The van der Waals surface area contributed by atoms with Crippen LogP contribution in [0.3, 0.4) is 0 Å². The summed E-state index contributed by atoms with van der Waals surface area (Å²) in [5, 5.41) is 0. The molecule has 1 heterocycles. The van der Waals surface area contributed by atoms with Gasteiger partial charge in [0.2, 0.25) is 0 Å². The number of hydrogen-bond donors (Lipinski definition) is 1. The van der Waals surface area contributed by atoms with E-state index in [-0.39, 0.29) is 17.9 Å². The van der Waals surface area contributed by atoms with Gasteiger partial charge >= 0.3 is 6.03 Å². The number of para-hydroxylation sites is 2. The molecule has 3 rings (SSSR count). The van der Waals surface area contributed by atoms with Crippen molar-refractivity contribution in [3.05, 3.63) is 66.2 Å². The van der Waals surface area contributed by atoms with E-state index in [2.05, 4.69) is 10.4 Å². The first-order valence-corrected chi connectivity index (χ1v) is 7.27. The molecule has 3 aromatic rings. The second-order valence-electron chi connectivity index (χ2n) is 5.36. The summed E-state index contributed by atoms with van der Waals surface area (Å²) in [6.07, 6.45) is 1.57. The van der Waals surface area contributed by atoms with E-state index in [9.17, 15) is 9.18 Å². The molecule has 0 radical (unpaired) electrons. The van der Waals surface area contributed by atoms with Gasteiger partial charge in [0.05, 0.1) is 17.1 Å².